The number of nitrogen functional groups attached to an aromatic ring is 2. The summed E-state index contributed by atoms with van der Waals surface area (Å²) >= 11 is 0. The van der Waals surface area contributed by atoms with Crippen molar-refractivity contribution in [2.75, 3.05) is 11.5 Å². The molecular weight excluding hydrogens is 520 g/mol. The van der Waals surface area contributed by atoms with E-state index < -0.39 is 0 Å². The van der Waals surface area contributed by atoms with Gasteiger partial charge >= 0.3 is 0 Å². The molecule has 0 unspecified atom stereocenters. The molecule has 0 aliphatic rings. The number of aromatic nitrogens is 6. The molecule has 0 bridgehead atoms. The summed E-state index contributed by atoms with van der Waals surface area (Å²) in [6, 6.07) is 29.5. The van der Waals surface area contributed by atoms with Crippen molar-refractivity contribution < 1.29 is 13.3 Å². The van der Waals surface area contributed by atoms with Gasteiger partial charge in [0.05, 0.1) is 5.56 Å². The van der Waals surface area contributed by atoms with Crippen molar-refractivity contribution in [2.45, 2.75) is 0 Å². The second-order valence-electron chi connectivity index (χ2n) is 9.11. The van der Waals surface area contributed by atoms with Crippen molar-refractivity contribution in [3.05, 3.63) is 97.1 Å². The summed E-state index contributed by atoms with van der Waals surface area (Å²) in [4.78, 5) is 0. The number of rotatable bonds is 6. The van der Waals surface area contributed by atoms with E-state index in [1.807, 2.05) is 66.7 Å². The Morgan fingerprint density at radius 3 is 1.24 bits per heavy atom. The molecule has 7 aromatic rings. The maximum absolute atomic E-state index is 6.13. The van der Waals surface area contributed by atoms with Gasteiger partial charge in [0.2, 0.25) is 35.3 Å². The zero-order chi connectivity index (χ0) is 27.8. The van der Waals surface area contributed by atoms with Crippen molar-refractivity contribution in [1.82, 2.24) is 30.6 Å². The van der Waals surface area contributed by atoms with Crippen LogP contribution < -0.4 is 11.5 Å². The fourth-order valence-electron chi connectivity index (χ4n) is 4.28. The average molecular weight is 541 g/mol. The van der Waals surface area contributed by atoms with Crippen LogP contribution in [-0.2, 0) is 0 Å². The van der Waals surface area contributed by atoms with E-state index in [9.17, 15) is 0 Å². The van der Waals surface area contributed by atoms with Gasteiger partial charge in [0, 0.05) is 39.2 Å². The molecule has 0 aliphatic heterocycles. The highest BCUT2D eigenvalue weighted by atomic mass is 16.4. The molecular formula is C30H20N8O3. The summed E-state index contributed by atoms with van der Waals surface area (Å²) in [5, 5.41) is 25.5. The fraction of sp³-hybridized carbons (Fsp3) is 0. The second kappa shape index (κ2) is 9.89. The molecule has 0 spiro atoms. The fourth-order valence-corrected chi connectivity index (χ4v) is 4.28. The number of nitrogens with two attached hydrogens (primary N) is 2. The van der Waals surface area contributed by atoms with Gasteiger partial charge in [0.15, 0.2) is 0 Å². The van der Waals surface area contributed by atoms with E-state index in [1.54, 1.807) is 30.3 Å². The molecule has 41 heavy (non-hydrogen) atoms. The van der Waals surface area contributed by atoms with Crippen LogP contribution in [0.1, 0.15) is 0 Å². The van der Waals surface area contributed by atoms with Crippen molar-refractivity contribution in [3.63, 3.8) is 0 Å². The Balaban J connectivity index is 1.33. The van der Waals surface area contributed by atoms with E-state index in [2.05, 4.69) is 30.6 Å². The zero-order valence-electron chi connectivity index (χ0n) is 21.3. The molecule has 198 valence electrons. The minimum absolute atomic E-state index is 0.227. The smallest absolute Gasteiger partial charge is 0.250 e. The molecule has 0 fully saturated rings. The van der Waals surface area contributed by atoms with E-state index in [1.165, 1.54) is 0 Å². The van der Waals surface area contributed by atoms with Crippen LogP contribution in [0.2, 0.25) is 0 Å². The number of hydrogen-bond acceptors (Lipinski definition) is 11. The topological polar surface area (TPSA) is 169 Å². The van der Waals surface area contributed by atoms with Gasteiger partial charge in [-0.05, 0) is 60.7 Å². The normalized spacial score (nSPS) is 11.1. The van der Waals surface area contributed by atoms with Gasteiger partial charge in [-0.2, -0.15) is 0 Å². The summed E-state index contributed by atoms with van der Waals surface area (Å²) in [5.41, 5.74) is 16.9. The van der Waals surface area contributed by atoms with Gasteiger partial charge < -0.3 is 24.7 Å². The minimum atomic E-state index is 0.227. The summed E-state index contributed by atoms with van der Waals surface area (Å²) in [7, 11) is 0. The van der Waals surface area contributed by atoms with E-state index in [0.29, 0.717) is 45.4 Å². The summed E-state index contributed by atoms with van der Waals surface area (Å²) in [5.74, 6) is 1.80. The van der Waals surface area contributed by atoms with Crippen LogP contribution in [0.4, 0.5) is 11.4 Å². The van der Waals surface area contributed by atoms with Crippen molar-refractivity contribution in [2.24, 2.45) is 0 Å². The molecule has 0 aliphatic carbocycles. The number of nitrogens with zero attached hydrogens (tertiary/aromatic N) is 6. The van der Waals surface area contributed by atoms with E-state index in [-0.39, 0.29) is 23.6 Å². The lowest BCUT2D eigenvalue weighted by Gasteiger charge is -2.04. The van der Waals surface area contributed by atoms with E-state index in [0.717, 1.165) is 11.1 Å². The Bertz CT molecular complexity index is 1880. The Labute approximate surface area is 232 Å². The standard InChI is InChI=1S/C30H20N8O3/c31-22-11-12-24(32)23(16-22)30-38-37-29(41-30)21-14-19(27-35-33-25(39-27)17-7-3-1-4-8-17)13-20(15-21)28-36-34-26(40-28)18-9-5-2-6-10-18/h1-16H,31-32H2. The van der Waals surface area contributed by atoms with Crippen molar-refractivity contribution in [3.8, 4) is 68.7 Å². The second-order valence-corrected chi connectivity index (χ2v) is 9.11. The maximum Gasteiger partial charge on any atom is 0.250 e. The molecule has 0 saturated carbocycles. The monoisotopic (exact) mass is 540 g/mol. The Kier molecular flexibility index (Phi) is 5.79. The predicted octanol–water partition coefficient (Wildman–Crippen LogP) is 6.00. The molecule has 0 atom stereocenters. The van der Waals surface area contributed by atoms with Crippen LogP contribution in [0, 0.1) is 0 Å². The summed E-state index contributed by atoms with van der Waals surface area (Å²) < 4.78 is 18.1. The first-order chi connectivity index (χ1) is 20.1. The molecule has 7 rings (SSSR count). The average Bonchev–Trinajstić information content (AvgIpc) is 3.81. The molecule has 11 nitrogen and oxygen atoms in total. The molecule has 11 heteroatoms. The highest BCUT2D eigenvalue weighted by Gasteiger charge is 2.20. The third-order valence-electron chi connectivity index (χ3n) is 6.30. The van der Waals surface area contributed by atoms with Crippen molar-refractivity contribution in [1.29, 1.82) is 0 Å². The molecule has 0 saturated heterocycles. The Morgan fingerprint density at radius 2 is 0.780 bits per heavy atom. The molecule has 0 radical (unpaired) electrons. The predicted molar refractivity (Wildman–Crippen MR) is 151 cm³/mol. The van der Waals surface area contributed by atoms with Gasteiger partial charge in [-0.1, -0.05) is 36.4 Å². The van der Waals surface area contributed by atoms with Gasteiger partial charge in [0.25, 0.3) is 0 Å². The van der Waals surface area contributed by atoms with Crippen LogP contribution in [0.15, 0.2) is 110 Å². The maximum atomic E-state index is 6.13. The third kappa shape index (κ3) is 4.68. The van der Waals surface area contributed by atoms with Crippen LogP contribution in [0.25, 0.3) is 68.7 Å². The first-order valence-corrected chi connectivity index (χ1v) is 12.5. The lowest BCUT2D eigenvalue weighted by molar-refractivity contribution is 0.580. The minimum Gasteiger partial charge on any atom is -0.416 e. The van der Waals surface area contributed by atoms with Crippen LogP contribution in [0.3, 0.4) is 0 Å². The lowest BCUT2D eigenvalue weighted by Crippen LogP contribution is -1.93. The number of hydrogen-bond donors (Lipinski definition) is 2. The van der Waals surface area contributed by atoms with Gasteiger partial charge in [-0.3, -0.25) is 0 Å². The van der Waals surface area contributed by atoms with E-state index >= 15 is 0 Å². The first kappa shape index (κ1) is 24.0. The Hall–Kier alpha value is -6.10. The number of benzene rings is 4. The van der Waals surface area contributed by atoms with Crippen LogP contribution in [-0.4, -0.2) is 30.6 Å². The van der Waals surface area contributed by atoms with E-state index in [4.69, 9.17) is 24.7 Å². The van der Waals surface area contributed by atoms with Gasteiger partial charge in [0.1, 0.15) is 0 Å². The molecule has 3 heterocycles. The molecule has 4 N–H and O–H groups in total. The quantitative estimate of drug-likeness (QED) is 0.237. The van der Waals surface area contributed by atoms with Crippen LogP contribution >= 0.6 is 0 Å². The molecule has 0 amide bonds. The Morgan fingerprint density at radius 1 is 0.390 bits per heavy atom. The third-order valence-corrected chi connectivity index (χ3v) is 6.30. The first-order valence-electron chi connectivity index (χ1n) is 12.5. The van der Waals surface area contributed by atoms with Crippen LogP contribution in [0.5, 0.6) is 0 Å². The highest BCUT2D eigenvalue weighted by molar-refractivity contribution is 5.77. The zero-order valence-corrected chi connectivity index (χ0v) is 21.3. The van der Waals surface area contributed by atoms with Gasteiger partial charge in [-0.25, -0.2) is 0 Å². The largest absolute Gasteiger partial charge is 0.416 e. The SMILES string of the molecule is Nc1ccc(N)c(-c2nnc(-c3cc(-c4nnc(-c5ccccc5)o4)cc(-c4nnc(-c5ccccc5)o4)c3)o2)c1. The lowest BCUT2D eigenvalue weighted by atomic mass is 10.1. The van der Waals surface area contributed by atoms with Gasteiger partial charge in [-0.15, -0.1) is 30.6 Å². The molecule has 3 aromatic heterocycles. The van der Waals surface area contributed by atoms with Crippen molar-refractivity contribution >= 4 is 11.4 Å². The summed E-state index contributed by atoms with van der Waals surface area (Å²) in [6.45, 7) is 0. The molecule has 4 aromatic carbocycles. The number of anilines is 2. The summed E-state index contributed by atoms with van der Waals surface area (Å²) in [6.07, 6.45) is 0. The highest BCUT2D eigenvalue weighted by Crippen LogP contribution is 2.35.